The van der Waals surface area contributed by atoms with Gasteiger partial charge in [-0.15, -0.1) is 22.7 Å². The summed E-state index contributed by atoms with van der Waals surface area (Å²) in [6.45, 7) is 8.61. The van der Waals surface area contributed by atoms with E-state index in [0.717, 1.165) is 31.8 Å². The van der Waals surface area contributed by atoms with Crippen molar-refractivity contribution < 1.29 is 50.3 Å². The SMILES string of the molecule is CC(C)(C)S(=O)(=O)c1cc2c(Nc3ccc4scnc4c3)ncnc2cc1OCCO.CC(C)(C)S(=O)(=O)c1cc2c(Nc3ccc4scnc4c3)ncnc2cc1OCCOP(=O)(O)O. The Morgan fingerprint density at radius 3 is 1.44 bits per heavy atom. The Hall–Kier alpha value is -5.49. The van der Waals surface area contributed by atoms with Gasteiger partial charge in [-0.05, 0) is 90.1 Å². The van der Waals surface area contributed by atoms with E-state index in [0.29, 0.717) is 33.4 Å². The topological polar surface area (TPSA) is 275 Å². The summed E-state index contributed by atoms with van der Waals surface area (Å²) < 4.78 is 79.7. The van der Waals surface area contributed by atoms with Gasteiger partial charge in [0.2, 0.25) is 0 Å². The number of benzene rings is 4. The molecule has 0 bridgehead atoms. The molecule has 4 aromatic heterocycles. The highest BCUT2D eigenvalue weighted by atomic mass is 32.2. The minimum absolute atomic E-state index is 0.00437. The van der Waals surface area contributed by atoms with Crippen molar-refractivity contribution in [3.63, 3.8) is 0 Å². The molecule has 0 fully saturated rings. The van der Waals surface area contributed by atoms with Gasteiger partial charge in [0.15, 0.2) is 19.7 Å². The number of aliphatic hydroxyl groups excluding tert-OH is 1. The summed E-state index contributed by atoms with van der Waals surface area (Å²) in [5, 5.41) is 16.6. The van der Waals surface area contributed by atoms with E-state index < -0.39 is 43.6 Å². The molecule has 0 amide bonds. The van der Waals surface area contributed by atoms with E-state index in [1.807, 2.05) is 36.4 Å². The lowest BCUT2D eigenvalue weighted by Gasteiger charge is -2.22. The van der Waals surface area contributed by atoms with Gasteiger partial charge in [0.1, 0.15) is 58.8 Å². The highest BCUT2D eigenvalue weighted by Crippen LogP contribution is 2.40. The Bertz CT molecular complexity index is 3350. The van der Waals surface area contributed by atoms with Gasteiger partial charge in [-0.2, -0.15) is 0 Å². The number of phosphoric ester groups is 1. The van der Waals surface area contributed by atoms with Gasteiger partial charge in [0, 0.05) is 34.3 Å². The van der Waals surface area contributed by atoms with Gasteiger partial charge in [-0.1, -0.05) is 0 Å². The zero-order valence-electron chi connectivity index (χ0n) is 36.3. The van der Waals surface area contributed by atoms with Crippen LogP contribution in [0.3, 0.4) is 0 Å². The molecule has 66 heavy (non-hydrogen) atoms. The van der Waals surface area contributed by atoms with E-state index in [-0.39, 0.29) is 41.1 Å². The predicted octanol–water partition coefficient (Wildman–Crippen LogP) is 7.97. The Balaban J connectivity index is 0.000000198. The highest BCUT2D eigenvalue weighted by Gasteiger charge is 2.36. The number of fused-ring (bicyclic) bond motifs is 4. The number of anilines is 4. The van der Waals surface area contributed by atoms with Crippen molar-refractivity contribution in [3.8, 4) is 11.5 Å². The third-order valence-electron chi connectivity index (χ3n) is 9.73. The Morgan fingerprint density at radius 1 is 0.591 bits per heavy atom. The first kappa shape index (κ1) is 48.4. The molecule has 0 saturated carbocycles. The van der Waals surface area contributed by atoms with E-state index >= 15 is 0 Å². The Kier molecular flexibility index (Phi) is 14.0. The normalized spacial score (nSPS) is 12.6. The number of nitrogens with zero attached hydrogens (tertiary/aromatic N) is 6. The van der Waals surface area contributed by atoms with Crippen molar-refractivity contribution in [2.45, 2.75) is 60.8 Å². The van der Waals surface area contributed by atoms with Gasteiger partial charge in [-0.3, -0.25) is 4.52 Å². The summed E-state index contributed by atoms with van der Waals surface area (Å²) in [4.78, 5) is 43.4. The second-order valence-corrected chi connectivity index (χ2v) is 24.7. The number of nitrogens with one attached hydrogen (secondary N) is 2. The predicted molar refractivity (Wildman–Crippen MR) is 255 cm³/mol. The molecular formula is C42H45N8O11PS4. The number of ether oxygens (including phenoxy) is 2. The zero-order valence-corrected chi connectivity index (χ0v) is 40.4. The lowest BCUT2D eigenvalue weighted by atomic mass is 10.2. The number of aliphatic hydroxyl groups is 1. The van der Waals surface area contributed by atoms with Gasteiger partial charge < -0.3 is 35.0 Å². The maximum Gasteiger partial charge on any atom is 0.469 e. The highest BCUT2D eigenvalue weighted by molar-refractivity contribution is 7.93. The van der Waals surface area contributed by atoms with Crippen molar-refractivity contribution in [3.05, 3.63) is 84.3 Å². The van der Waals surface area contributed by atoms with Gasteiger partial charge in [-0.25, -0.2) is 51.3 Å². The van der Waals surface area contributed by atoms with E-state index in [9.17, 15) is 21.4 Å². The molecule has 19 nitrogen and oxygen atoms in total. The average molecular weight is 997 g/mol. The molecule has 0 aliphatic rings. The number of hydrogen-bond donors (Lipinski definition) is 5. The molecule has 0 radical (unpaired) electrons. The van der Waals surface area contributed by atoms with E-state index in [1.54, 1.807) is 70.0 Å². The molecule has 8 rings (SSSR count). The first-order valence-corrected chi connectivity index (χ1v) is 26.2. The molecule has 0 unspecified atom stereocenters. The van der Waals surface area contributed by atoms with Crippen LogP contribution in [-0.4, -0.2) is 97.6 Å². The number of hydrogen-bond acceptors (Lipinski definition) is 19. The van der Waals surface area contributed by atoms with E-state index in [4.69, 9.17) is 24.4 Å². The summed E-state index contributed by atoms with van der Waals surface area (Å²) in [5.41, 5.74) is 7.66. The monoisotopic (exact) mass is 996 g/mol. The van der Waals surface area contributed by atoms with Gasteiger partial charge in [0.05, 0.1) is 65.2 Å². The van der Waals surface area contributed by atoms with Crippen LogP contribution in [0.4, 0.5) is 23.0 Å². The summed E-state index contributed by atoms with van der Waals surface area (Å²) in [7, 11) is -12.3. The molecule has 0 spiro atoms. The smallest absolute Gasteiger partial charge is 0.469 e. The van der Waals surface area contributed by atoms with Crippen LogP contribution in [0, 0.1) is 0 Å². The summed E-state index contributed by atoms with van der Waals surface area (Å²) >= 11 is 3.08. The molecule has 4 heterocycles. The second-order valence-electron chi connectivity index (χ2n) is 16.4. The minimum atomic E-state index is -4.68. The maximum absolute atomic E-state index is 13.4. The number of sulfone groups is 2. The van der Waals surface area contributed by atoms with Crippen LogP contribution in [0.15, 0.2) is 94.1 Å². The van der Waals surface area contributed by atoms with Crippen molar-refractivity contribution in [1.82, 2.24) is 29.9 Å². The third-order valence-corrected chi connectivity index (χ3v) is 16.9. The van der Waals surface area contributed by atoms with Crippen LogP contribution in [0.1, 0.15) is 41.5 Å². The number of rotatable bonds is 14. The van der Waals surface area contributed by atoms with Crippen molar-refractivity contribution >= 4 is 115 Å². The second kappa shape index (κ2) is 19.0. The van der Waals surface area contributed by atoms with Gasteiger partial charge >= 0.3 is 7.82 Å². The minimum Gasteiger partial charge on any atom is -0.490 e. The largest absolute Gasteiger partial charge is 0.490 e. The van der Waals surface area contributed by atoms with Gasteiger partial charge in [0.25, 0.3) is 0 Å². The first-order chi connectivity index (χ1) is 31.1. The van der Waals surface area contributed by atoms with Crippen LogP contribution in [0.5, 0.6) is 11.5 Å². The molecule has 8 aromatic rings. The molecule has 24 heteroatoms. The molecule has 0 saturated heterocycles. The van der Waals surface area contributed by atoms with Crippen LogP contribution < -0.4 is 20.1 Å². The van der Waals surface area contributed by atoms with Crippen molar-refractivity contribution in [1.29, 1.82) is 0 Å². The zero-order chi connectivity index (χ0) is 47.7. The fourth-order valence-electron chi connectivity index (χ4n) is 6.24. The standard InChI is InChI=1S/C21H23N4O7PS2.C21H22N4O4S2/c1-21(2,3)35(29,30)19-9-14-15(10-17(19)31-6-7-32-33(26,27)28)22-11-23-20(14)25-13-4-5-18-16(8-13)24-12-34-18;1-21(2,3)31(27,28)19-9-14-15(10-17(19)29-7-6-26)22-11-23-20(14)25-13-4-5-18-16(8-13)24-12-30-18/h4-5,8-12H,6-7H2,1-3H3,(H,22,23,25)(H2,26,27,28);4-5,8-12,26H,6-7H2,1-3H3,(H,22,23,25). The quantitative estimate of drug-likeness (QED) is 0.0510. The molecule has 0 aliphatic heterocycles. The van der Waals surface area contributed by atoms with Crippen LogP contribution in [0.2, 0.25) is 0 Å². The average Bonchev–Trinajstić information content (AvgIpc) is 3.93. The molecular weight excluding hydrogens is 952 g/mol. The van der Waals surface area contributed by atoms with E-state index in [1.165, 1.54) is 42.2 Å². The lowest BCUT2D eigenvalue weighted by Crippen LogP contribution is -2.28. The fourth-order valence-corrected chi connectivity index (χ4v) is 10.5. The van der Waals surface area contributed by atoms with Crippen LogP contribution in [0.25, 0.3) is 42.2 Å². The Morgan fingerprint density at radius 2 is 1.03 bits per heavy atom. The van der Waals surface area contributed by atoms with Crippen LogP contribution in [-0.2, 0) is 28.8 Å². The summed E-state index contributed by atoms with van der Waals surface area (Å²) in [6.07, 6.45) is 2.74. The molecule has 0 atom stereocenters. The molecule has 0 aliphatic carbocycles. The molecule has 5 N–H and O–H groups in total. The molecule has 348 valence electrons. The summed E-state index contributed by atoms with van der Waals surface area (Å²) in [5.74, 6) is 1.02. The third kappa shape index (κ3) is 10.7. The maximum atomic E-state index is 13.4. The van der Waals surface area contributed by atoms with Crippen molar-refractivity contribution in [2.24, 2.45) is 0 Å². The number of phosphoric acid groups is 1. The molecule has 4 aromatic carbocycles. The lowest BCUT2D eigenvalue weighted by molar-refractivity contribution is 0.159. The number of thiazole rings is 2. The number of aromatic nitrogens is 6. The summed E-state index contributed by atoms with van der Waals surface area (Å²) in [6, 6.07) is 17.5. The van der Waals surface area contributed by atoms with Crippen LogP contribution >= 0.6 is 30.5 Å². The van der Waals surface area contributed by atoms with Crippen molar-refractivity contribution in [2.75, 3.05) is 37.1 Å². The fraction of sp³-hybridized carbons (Fsp3) is 0.286. The first-order valence-electron chi connectivity index (χ1n) is 19.9. The Labute approximate surface area is 387 Å². The van der Waals surface area contributed by atoms with E-state index in [2.05, 4.69) is 45.1 Å².